The van der Waals surface area contributed by atoms with E-state index in [1.54, 1.807) is 0 Å². The highest BCUT2D eigenvalue weighted by Crippen LogP contribution is 2.29. The molecule has 0 unspecified atom stereocenters. The SMILES string of the molecule is CN1CCC(C)(CNC(=O)c2cc(Cl)nnc2Cl)CC1. The number of aromatic nitrogens is 2. The summed E-state index contributed by atoms with van der Waals surface area (Å²) in [4.78, 5) is 14.4. The van der Waals surface area contributed by atoms with Crippen LogP contribution in [0, 0.1) is 5.41 Å². The number of hydrogen-bond donors (Lipinski definition) is 1. The summed E-state index contributed by atoms with van der Waals surface area (Å²) in [5.74, 6) is -0.257. The van der Waals surface area contributed by atoms with Crippen molar-refractivity contribution in [1.29, 1.82) is 0 Å². The average Bonchev–Trinajstić information content (AvgIpc) is 2.43. The minimum atomic E-state index is -0.257. The van der Waals surface area contributed by atoms with Gasteiger partial charge in [0.25, 0.3) is 5.91 Å². The lowest BCUT2D eigenvalue weighted by Crippen LogP contribution is -2.43. The fraction of sp³-hybridized carbons (Fsp3) is 0.615. The van der Waals surface area contributed by atoms with Crippen LogP contribution < -0.4 is 5.32 Å². The van der Waals surface area contributed by atoms with Gasteiger partial charge in [0, 0.05) is 6.54 Å². The maximum atomic E-state index is 12.1. The molecular formula is C13H18Cl2N4O. The first-order valence-corrected chi connectivity index (χ1v) is 7.31. The van der Waals surface area contributed by atoms with E-state index >= 15 is 0 Å². The lowest BCUT2D eigenvalue weighted by Gasteiger charge is -2.37. The zero-order chi connectivity index (χ0) is 14.8. The number of amides is 1. The Balaban J connectivity index is 1.97. The van der Waals surface area contributed by atoms with Crippen LogP contribution in [0.2, 0.25) is 10.3 Å². The van der Waals surface area contributed by atoms with E-state index in [0.29, 0.717) is 6.54 Å². The topological polar surface area (TPSA) is 58.1 Å². The highest BCUT2D eigenvalue weighted by atomic mass is 35.5. The molecule has 1 aromatic rings. The fourth-order valence-corrected chi connectivity index (χ4v) is 2.56. The van der Waals surface area contributed by atoms with Crippen molar-refractivity contribution in [3.63, 3.8) is 0 Å². The summed E-state index contributed by atoms with van der Waals surface area (Å²) in [6.07, 6.45) is 2.12. The monoisotopic (exact) mass is 316 g/mol. The molecule has 0 radical (unpaired) electrons. The van der Waals surface area contributed by atoms with Crippen molar-refractivity contribution in [2.45, 2.75) is 19.8 Å². The molecule has 2 rings (SSSR count). The van der Waals surface area contributed by atoms with Gasteiger partial charge in [0.15, 0.2) is 10.3 Å². The third-order valence-corrected chi connectivity index (χ3v) is 4.30. The predicted molar refractivity (Wildman–Crippen MR) is 79.2 cm³/mol. The molecule has 1 aromatic heterocycles. The molecule has 1 amide bonds. The lowest BCUT2D eigenvalue weighted by molar-refractivity contribution is 0.0891. The van der Waals surface area contributed by atoms with Crippen LogP contribution in [0.25, 0.3) is 0 Å². The Kier molecular flexibility index (Phi) is 4.83. The van der Waals surface area contributed by atoms with Crippen LogP contribution in [-0.4, -0.2) is 47.7 Å². The molecule has 1 aliphatic heterocycles. The van der Waals surface area contributed by atoms with Gasteiger partial charge in [0.2, 0.25) is 0 Å². The van der Waals surface area contributed by atoms with E-state index in [0.717, 1.165) is 25.9 Å². The summed E-state index contributed by atoms with van der Waals surface area (Å²) in [6, 6.07) is 1.43. The van der Waals surface area contributed by atoms with Gasteiger partial charge in [-0.3, -0.25) is 4.79 Å². The Bertz CT molecular complexity index is 501. The first kappa shape index (κ1) is 15.5. The van der Waals surface area contributed by atoms with Crippen LogP contribution >= 0.6 is 23.2 Å². The van der Waals surface area contributed by atoms with E-state index in [1.165, 1.54) is 6.07 Å². The second-order valence-electron chi connectivity index (χ2n) is 5.67. The first-order chi connectivity index (χ1) is 9.39. The number of hydrogen-bond acceptors (Lipinski definition) is 4. The molecular weight excluding hydrogens is 299 g/mol. The molecule has 20 heavy (non-hydrogen) atoms. The van der Waals surface area contributed by atoms with Crippen molar-refractivity contribution in [2.75, 3.05) is 26.7 Å². The van der Waals surface area contributed by atoms with Crippen molar-refractivity contribution in [3.05, 3.63) is 21.9 Å². The summed E-state index contributed by atoms with van der Waals surface area (Å²) in [7, 11) is 2.11. The van der Waals surface area contributed by atoms with Gasteiger partial charge in [-0.1, -0.05) is 30.1 Å². The summed E-state index contributed by atoms with van der Waals surface area (Å²) < 4.78 is 0. The second-order valence-corrected chi connectivity index (χ2v) is 6.41. The zero-order valence-electron chi connectivity index (χ0n) is 11.6. The van der Waals surface area contributed by atoms with E-state index in [4.69, 9.17) is 23.2 Å². The third kappa shape index (κ3) is 3.81. The molecule has 110 valence electrons. The van der Waals surface area contributed by atoms with Gasteiger partial charge in [-0.05, 0) is 44.5 Å². The van der Waals surface area contributed by atoms with E-state index < -0.39 is 0 Å². The van der Waals surface area contributed by atoms with Crippen LogP contribution in [0.15, 0.2) is 6.07 Å². The highest BCUT2D eigenvalue weighted by molar-refractivity contribution is 6.34. The molecule has 0 aromatic carbocycles. The van der Waals surface area contributed by atoms with Crippen LogP contribution in [0.3, 0.4) is 0 Å². The number of carbonyl (C=O) groups is 1. The molecule has 0 saturated carbocycles. The number of piperidine rings is 1. The van der Waals surface area contributed by atoms with Gasteiger partial charge in [0.1, 0.15) is 0 Å². The van der Waals surface area contributed by atoms with E-state index in [2.05, 4.69) is 34.4 Å². The maximum absolute atomic E-state index is 12.1. The Labute approximate surface area is 128 Å². The Hall–Kier alpha value is -0.910. The van der Waals surface area contributed by atoms with Crippen molar-refractivity contribution in [1.82, 2.24) is 20.4 Å². The van der Waals surface area contributed by atoms with Crippen molar-refractivity contribution < 1.29 is 4.79 Å². The summed E-state index contributed by atoms with van der Waals surface area (Å²) in [5.41, 5.74) is 0.391. The second kappa shape index (κ2) is 6.24. The Morgan fingerprint density at radius 1 is 1.40 bits per heavy atom. The van der Waals surface area contributed by atoms with Gasteiger partial charge in [-0.25, -0.2) is 0 Å². The maximum Gasteiger partial charge on any atom is 0.254 e. The van der Waals surface area contributed by atoms with Crippen molar-refractivity contribution in [3.8, 4) is 0 Å². The number of rotatable bonds is 3. The van der Waals surface area contributed by atoms with E-state index in [9.17, 15) is 4.79 Å². The van der Waals surface area contributed by atoms with Crippen LogP contribution in [0.4, 0.5) is 0 Å². The Morgan fingerprint density at radius 2 is 2.05 bits per heavy atom. The molecule has 1 aliphatic rings. The standard InChI is InChI=1S/C13H18Cl2N4O/c1-13(3-5-19(2)6-4-13)8-16-12(20)9-7-10(14)17-18-11(9)15/h7H,3-6,8H2,1-2H3,(H,16,20). The molecule has 2 heterocycles. The van der Waals surface area contributed by atoms with Gasteiger partial charge in [-0.2, -0.15) is 0 Å². The molecule has 1 fully saturated rings. The quantitative estimate of drug-likeness (QED) is 0.929. The van der Waals surface area contributed by atoms with E-state index in [1.807, 2.05) is 0 Å². The number of carbonyl (C=O) groups excluding carboxylic acids is 1. The molecule has 0 atom stereocenters. The van der Waals surface area contributed by atoms with Crippen molar-refractivity contribution >= 4 is 29.1 Å². The summed E-state index contributed by atoms with van der Waals surface area (Å²) >= 11 is 11.6. The van der Waals surface area contributed by atoms with Gasteiger partial charge < -0.3 is 10.2 Å². The largest absolute Gasteiger partial charge is 0.351 e. The zero-order valence-corrected chi connectivity index (χ0v) is 13.1. The van der Waals surface area contributed by atoms with Crippen molar-refractivity contribution in [2.24, 2.45) is 5.41 Å². The summed E-state index contributed by atoms with van der Waals surface area (Å²) in [6.45, 7) is 4.92. The predicted octanol–water partition coefficient (Wildman–Crippen LogP) is 2.25. The van der Waals surface area contributed by atoms with Crippen LogP contribution in [0.1, 0.15) is 30.1 Å². The minimum absolute atomic E-state index is 0.0698. The third-order valence-electron chi connectivity index (χ3n) is 3.83. The molecule has 5 nitrogen and oxygen atoms in total. The summed E-state index contributed by atoms with van der Waals surface area (Å²) in [5, 5.41) is 10.4. The number of nitrogens with zero attached hydrogens (tertiary/aromatic N) is 3. The fourth-order valence-electron chi connectivity index (χ4n) is 2.24. The lowest BCUT2D eigenvalue weighted by atomic mass is 9.80. The van der Waals surface area contributed by atoms with Crippen LogP contribution in [-0.2, 0) is 0 Å². The van der Waals surface area contributed by atoms with Gasteiger partial charge in [0.05, 0.1) is 5.56 Å². The molecule has 1 saturated heterocycles. The number of nitrogens with one attached hydrogen (secondary N) is 1. The van der Waals surface area contributed by atoms with Gasteiger partial charge in [-0.15, -0.1) is 10.2 Å². The molecule has 7 heteroatoms. The Morgan fingerprint density at radius 3 is 2.70 bits per heavy atom. The average molecular weight is 317 g/mol. The normalized spacial score (nSPS) is 18.8. The van der Waals surface area contributed by atoms with Crippen LogP contribution in [0.5, 0.6) is 0 Å². The minimum Gasteiger partial charge on any atom is -0.351 e. The first-order valence-electron chi connectivity index (χ1n) is 6.55. The smallest absolute Gasteiger partial charge is 0.254 e. The highest BCUT2D eigenvalue weighted by Gasteiger charge is 2.29. The molecule has 0 spiro atoms. The molecule has 0 aliphatic carbocycles. The number of likely N-dealkylation sites (tertiary alicyclic amines) is 1. The molecule has 1 N–H and O–H groups in total. The molecule has 0 bridgehead atoms. The van der Waals surface area contributed by atoms with Gasteiger partial charge >= 0.3 is 0 Å². The van der Waals surface area contributed by atoms with E-state index in [-0.39, 0.29) is 27.2 Å². The number of halogens is 2.